The second-order valence-electron chi connectivity index (χ2n) is 5.34. The summed E-state index contributed by atoms with van der Waals surface area (Å²) in [5.41, 5.74) is 0. The van der Waals surface area contributed by atoms with Crippen molar-refractivity contribution < 1.29 is 9.57 Å². The van der Waals surface area contributed by atoms with Gasteiger partial charge < -0.3 is 14.9 Å². The van der Waals surface area contributed by atoms with Gasteiger partial charge in [0, 0.05) is 6.54 Å². The third kappa shape index (κ3) is 3.12. The van der Waals surface area contributed by atoms with Gasteiger partial charge in [0.1, 0.15) is 6.10 Å². The maximum absolute atomic E-state index is 6.04. The van der Waals surface area contributed by atoms with Crippen LogP contribution in [0, 0.1) is 11.8 Å². The second-order valence-corrected chi connectivity index (χ2v) is 5.34. The molecule has 1 N–H and O–H groups in total. The van der Waals surface area contributed by atoms with E-state index < -0.39 is 0 Å². The number of nitrogens with one attached hydrogen (secondary N) is 1. The normalized spacial score (nSPS) is 34.8. The minimum Gasteiger partial charge on any atom is -0.471 e. The highest BCUT2D eigenvalue weighted by Crippen LogP contribution is 2.24. The van der Waals surface area contributed by atoms with Crippen LogP contribution in [0.3, 0.4) is 0 Å². The van der Waals surface area contributed by atoms with Crippen molar-refractivity contribution in [3.05, 3.63) is 0 Å². The Bertz CT molecular complexity index is 275. The fourth-order valence-electron chi connectivity index (χ4n) is 2.31. The van der Waals surface area contributed by atoms with Crippen molar-refractivity contribution in [1.82, 2.24) is 5.32 Å². The molecule has 0 aromatic carbocycles. The highest BCUT2D eigenvalue weighted by Gasteiger charge is 2.32. The molecular weight excluding hydrogens is 216 g/mol. The first-order valence-electron chi connectivity index (χ1n) is 6.81. The van der Waals surface area contributed by atoms with Crippen LogP contribution in [-0.4, -0.2) is 31.2 Å². The number of hydrogen-bond acceptors (Lipinski definition) is 4. The lowest BCUT2D eigenvalue weighted by Crippen LogP contribution is -2.39. The molecular formula is C13H24N2O2. The molecule has 98 valence electrons. The zero-order valence-electron chi connectivity index (χ0n) is 11.1. The van der Waals surface area contributed by atoms with Crippen molar-refractivity contribution in [2.75, 3.05) is 13.1 Å². The standard InChI is InChI=1S/C13H24N2O2/c1-4-9(2)7-12-10(3)17-15-13(16-12)11-5-6-14-8-11/h9-12,14H,4-8H2,1-3H3. The molecule has 0 aromatic heterocycles. The fraction of sp³-hybridized carbons (Fsp3) is 0.923. The van der Waals surface area contributed by atoms with Crippen LogP contribution in [0.25, 0.3) is 0 Å². The van der Waals surface area contributed by atoms with E-state index in [1.54, 1.807) is 0 Å². The van der Waals surface area contributed by atoms with Gasteiger partial charge in [-0.1, -0.05) is 25.4 Å². The molecule has 0 spiro atoms. The van der Waals surface area contributed by atoms with Crippen LogP contribution in [-0.2, 0) is 9.57 Å². The van der Waals surface area contributed by atoms with Crippen LogP contribution in [0.1, 0.15) is 40.0 Å². The van der Waals surface area contributed by atoms with Gasteiger partial charge in [0.25, 0.3) is 0 Å². The Hall–Kier alpha value is -0.770. The molecule has 17 heavy (non-hydrogen) atoms. The minimum atomic E-state index is 0.0714. The molecule has 4 atom stereocenters. The molecule has 0 aromatic rings. The van der Waals surface area contributed by atoms with Gasteiger partial charge >= 0.3 is 0 Å². The van der Waals surface area contributed by atoms with Gasteiger partial charge in [-0.2, -0.15) is 0 Å². The van der Waals surface area contributed by atoms with Gasteiger partial charge in [-0.25, -0.2) is 0 Å². The predicted molar refractivity (Wildman–Crippen MR) is 67.9 cm³/mol. The van der Waals surface area contributed by atoms with E-state index in [0.717, 1.165) is 31.8 Å². The van der Waals surface area contributed by atoms with E-state index in [9.17, 15) is 0 Å². The number of nitrogens with zero attached hydrogens (tertiary/aromatic N) is 1. The van der Waals surface area contributed by atoms with Crippen molar-refractivity contribution in [3.63, 3.8) is 0 Å². The third-order valence-corrected chi connectivity index (χ3v) is 3.85. The van der Waals surface area contributed by atoms with Crippen LogP contribution < -0.4 is 5.32 Å². The smallest absolute Gasteiger partial charge is 0.230 e. The minimum absolute atomic E-state index is 0.0714. The van der Waals surface area contributed by atoms with E-state index in [1.807, 2.05) is 6.92 Å². The first-order valence-corrected chi connectivity index (χ1v) is 6.81. The zero-order valence-corrected chi connectivity index (χ0v) is 11.1. The largest absolute Gasteiger partial charge is 0.471 e. The molecule has 0 bridgehead atoms. The van der Waals surface area contributed by atoms with E-state index in [4.69, 9.17) is 9.57 Å². The second kappa shape index (κ2) is 5.71. The van der Waals surface area contributed by atoms with Crippen molar-refractivity contribution in [2.24, 2.45) is 17.0 Å². The van der Waals surface area contributed by atoms with E-state index in [0.29, 0.717) is 11.8 Å². The highest BCUT2D eigenvalue weighted by molar-refractivity contribution is 5.79. The van der Waals surface area contributed by atoms with Crippen molar-refractivity contribution >= 4 is 5.90 Å². The summed E-state index contributed by atoms with van der Waals surface area (Å²) in [6, 6.07) is 0. The zero-order chi connectivity index (χ0) is 12.3. The summed E-state index contributed by atoms with van der Waals surface area (Å²) in [4.78, 5) is 5.50. The van der Waals surface area contributed by atoms with Crippen molar-refractivity contribution in [3.8, 4) is 0 Å². The first-order chi connectivity index (χ1) is 8.20. The maximum atomic E-state index is 6.04. The van der Waals surface area contributed by atoms with E-state index in [2.05, 4.69) is 24.3 Å². The molecule has 0 aliphatic carbocycles. The molecule has 4 heteroatoms. The van der Waals surface area contributed by atoms with Gasteiger partial charge in [-0.05, 0) is 32.2 Å². The lowest BCUT2D eigenvalue weighted by Gasteiger charge is -2.31. The quantitative estimate of drug-likeness (QED) is 0.818. The maximum Gasteiger partial charge on any atom is 0.230 e. The molecule has 2 rings (SSSR count). The molecule has 0 saturated carbocycles. The number of hydrogen-bond donors (Lipinski definition) is 1. The first kappa shape index (κ1) is 12.7. The van der Waals surface area contributed by atoms with Crippen LogP contribution in [0.4, 0.5) is 0 Å². The molecule has 4 unspecified atom stereocenters. The summed E-state index contributed by atoms with van der Waals surface area (Å²) in [5.74, 6) is 1.88. The van der Waals surface area contributed by atoms with E-state index in [1.165, 1.54) is 6.42 Å². The van der Waals surface area contributed by atoms with Crippen LogP contribution in [0.2, 0.25) is 0 Å². The molecule has 2 aliphatic rings. The molecule has 1 saturated heterocycles. The Kier molecular flexibility index (Phi) is 4.26. The third-order valence-electron chi connectivity index (χ3n) is 3.85. The average Bonchev–Trinajstić information content (AvgIpc) is 2.85. The summed E-state index contributed by atoms with van der Waals surface area (Å²) in [6.45, 7) is 8.54. The highest BCUT2D eigenvalue weighted by atomic mass is 16.7. The molecule has 2 heterocycles. The summed E-state index contributed by atoms with van der Waals surface area (Å²) < 4.78 is 6.04. The topological polar surface area (TPSA) is 42.8 Å². The predicted octanol–water partition coefficient (Wildman–Crippen LogP) is 2.15. The Balaban J connectivity index is 1.93. The number of ether oxygens (including phenoxy) is 1. The van der Waals surface area contributed by atoms with E-state index in [-0.39, 0.29) is 12.2 Å². The van der Waals surface area contributed by atoms with Gasteiger partial charge in [0.05, 0.1) is 5.92 Å². The van der Waals surface area contributed by atoms with Gasteiger partial charge in [-0.3, -0.25) is 0 Å². The van der Waals surface area contributed by atoms with Gasteiger partial charge in [0.15, 0.2) is 6.10 Å². The van der Waals surface area contributed by atoms with Crippen LogP contribution in [0.15, 0.2) is 5.16 Å². The van der Waals surface area contributed by atoms with Crippen LogP contribution in [0.5, 0.6) is 0 Å². The summed E-state index contributed by atoms with van der Waals surface area (Å²) in [7, 11) is 0. The average molecular weight is 240 g/mol. The summed E-state index contributed by atoms with van der Waals surface area (Å²) in [6.07, 6.45) is 3.58. The molecule has 2 aliphatic heterocycles. The summed E-state index contributed by atoms with van der Waals surface area (Å²) in [5, 5.41) is 7.46. The molecule has 0 amide bonds. The lowest BCUT2D eigenvalue weighted by molar-refractivity contribution is -0.0627. The summed E-state index contributed by atoms with van der Waals surface area (Å²) >= 11 is 0. The van der Waals surface area contributed by atoms with Crippen LogP contribution >= 0.6 is 0 Å². The van der Waals surface area contributed by atoms with Gasteiger partial charge in [0.2, 0.25) is 5.90 Å². The Morgan fingerprint density at radius 3 is 3.00 bits per heavy atom. The van der Waals surface area contributed by atoms with E-state index >= 15 is 0 Å². The number of rotatable bonds is 4. The molecule has 0 radical (unpaired) electrons. The Labute approximate surface area is 104 Å². The van der Waals surface area contributed by atoms with Gasteiger partial charge in [-0.15, -0.1) is 0 Å². The number of oxime groups is 1. The Morgan fingerprint density at radius 2 is 2.35 bits per heavy atom. The van der Waals surface area contributed by atoms with Crippen molar-refractivity contribution in [2.45, 2.75) is 52.2 Å². The fourth-order valence-corrected chi connectivity index (χ4v) is 2.31. The Morgan fingerprint density at radius 1 is 1.53 bits per heavy atom. The monoisotopic (exact) mass is 240 g/mol. The SMILES string of the molecule is CCC(C)CC1OC(C2CCNC2)=NOC1C. The molecule has 4 nitrogen and oxygen atoms in total. The van der Waals surface area contributed by atoms with Crippen molar-refractivity contribution in [1.29, 1.82) is 0 Å². The lowest BCUT2D eigenvalue weighted by atomic mass is 9.98. The molecule has 1 fully saturated rings.